The van der Waals surface area contributed by atoms with Crippen molar-refractivity contribution in [2.24, 2.45) is 0 Å². The summed E-state index contributed by atoms with van der Waals surface area (Å²) in [6, 6.07) is 19.1. The molecule has 0 saturated carbocycles. The zero-order valence-corrected chi connectivity index (χ0v) is 17.9. The molecule has 1 heterocycles. The van der Waals surface area contributed by atoms with Gasteiger partial charge in [0.2, 0.25) is 0 Å². The topological polar surface area (TPSA) is 83.9 Å². The zero-order chi connectivity index (χ0) is 22.2. The highest BCUT2D eigenvalue weighted by molar-refractivity contribution is 5.66. The Hall–Kier alpha value is -3.74. The fourth-order valence-corrected chi connectivity index (χ4v) is 3.38. The Labute approximate surface area is 182 Å². The van der Waals surface area contributed by atoms with Gasteiger partial charge in [0.05, 0.1) is 20.3 Å². The van der Waals surface area contributed by atoms with Crippen molar-refractivity contribution < 1.29 is 19.4 Å². The van der Waals surface area contributed by atoms with Crippen LogP contribution in [-0.2, 0) is 13.1 Å². The maximum atomic E-state index is 11.2. The van der Waals surface area contributed by atoms with Crippen molar-refractivity contribution in [3.63, 3.8) is 0 Å². The number of rotatable bonds is 9. The molecule has 3 aromatic rings. The molecule has 2 aromatic carbocycles. The van der Waals surface area contributed by atoms with Gasteiger partial charge in [-0.2, -0.15) is 0 Å². The number of ether oxygens (including phenoxy) is 2. The van der Waals surface area contributed by atoms with Gasteiger partial charge in [-0.1, -0.05) is 30.3 Å². The summed E-state index contributed by atoms with van der Waals surface area (Å²) in [6.07, 6.45) is 0.653. The lowest BCUT2D eigenvalue weighted by Gasteiger charge is -2.28. The number of aromatic nitrogens is 1. The maximum absolute atomic E-state index is 11.2. The molecule has 0 aliphatic rings. The quantitative estimate of drug-likeness (QED) is 0.524. The minimum absolute atomic E-state index is 0.407. The molecule has 0 radical (unpaired) electrons. The summed E-state index contributed by atoms with van der Waals surface area (Å²) >= 11 is 0. The third kappa shape index (κ3) is 5.88. The first-order valence-corrected chi connectivity index (χ1v) is 9.95. The van der Waals surface area contributed by atoms with E-state index >= 15 is 0 Å². The molecule has 1 aromatic heterocycles. The Kier molecular flexibility index (Phi) is 7.32. The van der Waals surface area contributed by atoms with Crippen molar-refractivity contribution in [3.8, 4) is 11.5 Å². The minimum atomic E-state index is -1.07. The molecule has 0 spiro atoms. The largest absolute Gasteiger partial charge is 0.497 e. The van der Waals surface area contributed by atoms with Gasteiger partial charge >= 0.3 is 6.09 Å². The van der Waals surface area contributed by atoms with Gasteiger partial charge in [0, 0.05) is 24.8 Å². The number of carboxylic acid groups (broad SMARTS) is 1. The van der Waals surface area contributed by atoms with E-state index in [1.807, 2.05) is 67.6 Å². The Bertz CT molecular complexity index is 941. The normalized spacial score (nSPS) is 11.5. The van der Waals surface area contributed by atoms with E-state index in [4.69, 9.17) is 9.47 Å². The summed E-state index contributed by atoms with van der Waals surface area (Å²) in [5.74, 6) is 2.32. The highest BCUT2D eigenvalue weighted by Crippen LogP contribution is 2.28. The Morgan fingerprint density at radius 2 is 1.48 bits per heavy atom. The summed E-state index contributed by atoms with van der Waals surface area (Å²) in [6.45, 7) is 3.01. The molecule has 7 heteroatoms. The summed E-state index contributed by atoms with van der Waals surface area (Å²) in [5, 5.41) is 11.7. The molecule has 0 fully saturated rings. The lowest BCUT2D eigenvalue weighted by molar-refractivity contribution is 0.191. The molecule has 0 bridgehead atoms. The van der Waals surface area contributed by atoms with Crippen molar-refractivity contribution in [1.82, 2.24) is 10.3 Å². The third-order valence-electron chi connectivity index (χ3n) is 4.99. The van der Waals surface area contributed by atoms with Crippen LogP contribution in [0.3, 0.4) is 0 Å². The summed E-state index contributed by atoms with van der Waals surface area (Å²) in [7, 11) is 3.28. The van der Waals surface area contributed by atoms with E-state index in [0.29, 0.717) is 13.1 Å². The van der Waals surface area contributed by atoms with Crippen molar-refractivity contribution in [1.29, 1.82) is 0 Å². The van der Waals surface area contributed by atoms with E-state index in [-0.39, 0.29) is 0 Å². The smallest absolute Gasteiger partial charge is 0.405 e. The number of anilines is 1. The van der Waals surface area contributed by atoms with Gasteiger partial charge in [-0.05, 0) is 48.4 Å². The number of carbonyl (C=O) groups is 1. The molecule has 0 aliphatic heterocycles. The minimum Gasteiger partial charge on any atom is -0.497 e. The lowest BCUT2D eigenvalue weighted by atomic mass is 10.1. The van der Waals surface area contributed by atoms with Gasteiger partial charge in [-0.15, -0.1) is 0 Å². The Morgan fingerprint density at radius 3 is 1.94 bits per heavy atom. The number of nitrogens with one attached hydrogen (secondary N) is 1. The molecule has 162 valence electrons. The van der Waals surface area contributed by atoms with E-state index in [2.05, 4.69) is 15.2 Å². The van der Waals surface area contributed by atoms with Crippen LogP contribution in [0.5, 0.6) is 11.5 Å². The molecule has 1 unspecified atom stereocenters. The lowest BCUT2D eigenvalue weighted by Crippen LogP contribution is -2.29. The average Bonchev–Trinajstić information content (AvgIpc) is 2.79. The third-order valence-corrected chi connectivity index (χ3v) is 4.99. The Morgan fingerprint density at radius 1 is 0.968 bits per heavy atom. The van der Waals surface area contributed by atoms with E-state index < -0.39 is 12.1 Å². The highest BCUT2D eigenvalue weighted by atomic mass is 16.5. The van der Waals surface area contributed by atoms with Crippen LogP contribution in [0.15, 0.2) is 66.9 Å². The van der Waals surface area contributed by atoms with Gasteiger partial charge in [-0.3, -0.25) is 0 Å². The van der Waals surface area contributed by atoms with Crippen LogP contribution in [0.1, 0.15) is 29.7 Å². The number of hydrogen-bond donors (Lipinski definition) is 2. The molecule has 0 saturated heterocycles. The second kappa shape index (κ2) is 10.3. The number of amides is 1. The number of hydrogen-bond acceptors (Lipinski definition) is 5. The second-order valence-corrected chi connectivity index (χ2v) is 7.14. The molecule has 7 nitrogen and oxygen atoms in total. The van der Waals surface area contributed by atoms with Crippen LogP contribution in [-0.4, -0.2) is 30.4 Å². The van der Waals surface area contributed by atoms with Crippen LogP contribution in [0, 0.1) is 0 Å². The fraction of sp³-hybridized carbons (Fsp3) is 0.250. The Balaban J connectivity index is 1.95. The van der Waals surface area contributed by atoms with Crippen molar-refractivity contribution in [3.05, 3.63) is 83.6 Å². The first-order valence-electron chi connectivity index (χ1n) is 9.95. The first-order chi connectivity index (χ1) is 15.0. The number of benzene rings is 2. The number of nitrogens with zero attached hydrogens (tertiary/aromatic N) is 2. The summed E-state index contributed by atoms with van der Waals surface area (Å²) < 4.78 is 10.5. The highest BCUT2D eigenvalue weighted by Gasteiger charge is 2.19. The number of pyridine rings is 1. The van der Waals surface area contributed by atoms with E-state index in [9.17, 15) is 9.90 Å². The van der Waals surface area contributed by atoms with Crippen LogP contribution in [0.2, 0.25) is 0 Å². The van der Waals surface area contributed by atoms with Gasteiger partial charge in [0.1, 0.15) is 17.3 Å². The molecule has 31 heavy (non-hydrogen) atoms. The van der Waals surface area contributed by atoms with Crippen LogP contribution in [0.4, 0.5) is 10.6 Å². The molecule has 1 amide bonds. The van der Waals surface area contributed by atoms with E-state index in [0.717, 1.165) is 34.0 Å². The predicted molar refractivity (Wildman–Crippen MR) is 120 cm³/mol. The van der Waals surface area contributed by atoms with Crippen molar-refractivity contribution in [2.45, 2.75) is 26.1 Å². The maximum Gasteiger partial charge on any atom is 0.405 e. The van der Waals surface area contributed by atoms with Crippen LogP contribution in [0.25, 0.3) is 0 Å². The molecule has 0 aliphatic carbocycles. The second-order valence-electron chi connectivity index (χ2n) is 7.14. The van der Waals surface area contributed by atoms with Gasteiger partial charge < -0.3 is 24.8 Å². The zero-order valence-electron chi connectivity index (χ0n) is 17.9. The molecular weight excluding hydrogens is 394 g/mol. The summed E-state index contributed by atoms with van der Waals surface area (Å²) in [4.78, 5) is 17.9. The average molecular weight is 421 g/mol. The predicted octanol–water partition coefficient (Wildman–Crippen LogP) is 4.63. The summed E-state index contributed by atoms with van der Waals surface area (Å²) in [5.41, 5.74) is 2.99. The van der Waals surface area contributed by atoms with E-state index in [1.54, 1.807) is 20.4 Å². The van der Waals surface area contributed by atoms with Gasteiger partial charge in [0.15, 0.2) is 0 Å². The SMILES string of the molecule is COc1ccc(CN(Cc2ccc(OC)cc2)c2ncccc2C(C)NC(=O)O)cc1. The van der Waals surface area contributed by atoms with Crippen LogP contribution < -0.4 is 19.7 Å². The number of methoxy groups -OCH3 is 2. The van der Waals surface area contributed by atoms with E-state index in [1.165, 1.54) is 0 Å². The molecular formula is C24H27N3O4. The van der Waals surface area contributed by atoms with Gasteiger partial charge in [-0.25, -0.2) is 9.78 Å². The molecule has 2 N–H and O–H groups in total. The monoisotopic (exact) mass is 421 g/mol. The molecule has 1 atom stereocenters. The standard InChI is InChI=1S/C24H27N3O4/c1-17(26-24(28)29)22-5-4-14-25-23(22)27(15-18-6-10-20(30-2)11-7-18)16-19-8-12-21(31-3)13-9-19/h4-14,17,26H,15-16H2,1-3H3,(H,28,29). The van der Waals surface area contributed by atoms with Crippen molar-refractivity contribution in [2.75, 3.05) is 19.1 Å². The van der Waals surface area contributed by atoms with Gasteiger partial charge in [0.25, 0.3) is 0 Å². The fourth-order valence-electron chi connectivity index (χ4n) is 3.38. The molecule has 3 rings (SSSR count). The van der Waals surface area contributed by atoms with Crippen molar-refractivity contribution >= 4 is 11.9 Å². The van der Waals surface area contributed by atoms with Crippen LogP contribution >= 0.6 is 0 Å². The first kappa shape index (κ1) is 22.0.